The van der Waals surface area contributed by atoms with Crippen LogP contribution >= 0.6 is 15.9 Å². The average Bonchev–Trinajstić information content (AvgIpc) is 2.95. The van der Waals surface area contributed by atoms with E-state index < -0.39 is 17.5 Å². The summed E-state index contributed by atoms with van der Waals surface area (Å²) in [5.41, 5.74) is 0.798. The number of allylic oxidation sites excluding steroid dienone is 1. The number of halogens is 2. The highest BCUT2D eigenvalue weighted by molar-refractivity contribution is 9.10. The molecule has 0 atom stereocenters. The van der Waals surface area contributed by atoms with Crippen LogP contribution in [0.5, 0.6) is 0 Å². The van der Waals surface area contributed by atoms with E-state index in [1.807, 2.05) is 0 Å². The van der Waals surface area contributed by atoms with Gasteiger partial charge in [0.25, 0.3) is 5.91 Å². The standard InChI is InChI=1S/C17H21BrFN5O3/c1-17(2,3)27-16(26)21-6-5-11(19)9-24-13-8-10(15(25)20-4)7-12(18)14(13)22-23-24/h5,7-8H,6,9H2,1-4H3,(H,20,25)(H,21,26)/b11-5-. The van der Waals surface area contributed by atoms with E-state index in [4.69, 9.17) is 4.74 Å². The van der Waals surface area contributed by atoms with Crippen molar-refractivity contribution < 1.29 is 18.7 Å². The summed E-state index contributed by atoms with van der Waals surface area (Å²) in [6.45, 7) is 5.01. The Kier molecular flexibility index (Phi) is 6.53. The van der Waals surface area contributed by atoms with Crippen LogP contribution in [-0.2, 0) is 11.3 Å². The minimum absolute atomic E-state index is 0.0272. The van der Waals surface area contributed by atoms with Crippen LogP contribution in [0.1, 0.15) is 31.1 Å². The summed E-state index contributed by atoms with van der Waals surface area (Å²) in [6, 6.07) is 3.21. The second kappa shape index (κ2) is 8.47. The Morgan fingerprint density at radius 1 is 1.37 bits per heavy atom. The number of hydrogen-bond donors (Lipinski definition) is 2. The van der Waals surface area contributed by atoms with Crippen molar-refractivity contribution in [2.24, 2.45) is 0 Å². The molecule has 1 heterocycles. The molecule has 8 nitrogen and oxygen atoms in total. The number of benzene rings is 1. The lowest BCUT2D eigenvalue weighted by atomic mass is 10.2. The molecule has 2 rings (SSSR count). The molecule has 2 amide bonds. The zero-order valence-electron chi connectivity index (χ0n) is 15.5. The van der Waals surface area contributed by atoms with Gasteiger partial charge in [0.1, 0.15) is 16.9 Å². The highest BCUT2D eigenvalue weighted by Gasteiger charge is 2.16. The summed E-state index contributed by atoms with van der Waals surface area (Å²) in [5.74, 6) is -0.790. The molecule has 0 bridgehead atoms. The summed E-state index contributed by atoms with van der Waals surface area (Å²) in [4.78, 5) is 23.4. The van der Waals surface area contributed by atoms with Gasteiger partial charge in [0.2, 0.25) is 0 Å². The lowest BCUT2D eigenvalue weighted by molar-refractivity contribution is 0.0533. The fourth-order valence-electron chi connectivity index (χ4n) is 2.19. The molecule has 0 fully saturated rings. The van der Waals surface area contributed by atoms with Crippen molar-refractivity contribution in [3.63, 3.8) is 0 Å². The molecule has 0 saturated carbocycles. The maximum absolute atomic E-state index is 14.2. The predicted octanol–water partition coefficient (Wildman–Crippen LogP) is 2.93. The first-order chi connectivity index (χ1) is 12.6. The number of alkyl carbamates (subject to hydrolysis) is 1. The fourth-order valence-corrected chi connectivity index (χ4v) is 2.72. The zero-order valence-corrected chi connectivity index (χ0v) is 17.1. The second-order valence-electron chi connectivity index (χ2n) is 6.69. The number of aromatic nitrogens is 3. The number of amides is 2. The van der Waals surface area contributed by atoms with Crippen molar-refractivity contribution in [3.8, 4) is 0 Å². The molecule has 10 heteroatoms. The quantitative estimate of drug-likeness (QED) is 0.742. The van der Waals surface area contributed by atoms with E-state index in [9.17, 15) is 14.0 Å². The van der Waals surface area contributed by atoms with Gasteiger partial charge in [0.15, 0.2) is 0 Å². The van der Waals surface area contributed by atoms with E-state index in [0.717, 1.165) is 0 Å². The first kappa shape index (κ1) is 20.8. The lowest BCUT2D eigenvalue weighted by Crippen LogP contribution is -2.32. The van der Waals surface area contributed by atoms with Gasteiger partial charge in [0.05, 0.1) is 12.1 Å². The van der Waals surface area contributed by atoms with E-state index in [0.29, 0.717) is 21.1 Å². The Labute approximate surface area is 164 Å². The van der Waals surface area contributed by atoms with Gasteiger partial charge in [-0.15, -0.1) is 5.10 Å². The van der Waals surface area contributed by atoms with Crippen LogP contribution in [0.4, 0.5) is 9.18 Å². The van der Waals surface area contributed by atoms with Crippen molar-refractivity contribution >= 4 is 39.0 Å². The highest BCUT2D eigenvalue weighted by atomic mass is 79.9. The summed E-state index contributed by atoms with van der Waals surface area (Å²) < 4.78 is 21.2. The Hall–Kier alpha value is -2.49. The van der Waals surface area contributed by atoms with E-state index in [1.54, 1.807) is 32.9 Å². The van der Waals surface area contributed by atoms with E-state index in [1.165, 1.54) is 17.8 Å². The predicted molar refractivity (Wildman–Crippen MR) is 102 cm³/mol. The normalized spacial score (nSPS) is 12.1. The molecule has 0 aliphatic carbocycles. The van der Waals surface area contributed by atoms with Crippen LogP contribution in [-0.4, -0.2) is 46.2 Å². The summed E-state index contributed by atoms with van der Waals surface area (Å²) in [6.07, 6.45) is 0.589. The molecule has 0 spiro atoms. The minimum atomic E-state index is -0.628. The third-order valence-electron chi connectivity index (χ3n) is 3.33. The Morgan fingerprint density at radius 2 is 2.07 bits per heavy atom. The first-order valence-corrected chi connectivity index (χ1v) is 8.96. The SMILES string of the molecule is CNC(=O)c1cc(Br)c2nnn(C/C(F)=C/CNC(=O)OC(C)(C)C)c2c1. The molecule has 0 unspecified atom stereocenters. The van der Waals surface area contributed by atoms with E-state index in [2.05, 4.69) is 36.9 Å². The third-order valence-corrected chi connectivity index (χ3v) is 3.94. The first-order valence-electron chi connectivity index (χ1n) is 8.17. The molecule has 1 aromatic carbocycles. The molecular formula is C17H21BrFN5O3. The second-order valence-corrected chi connectivity index (χ2v) is 7.54. The largest absolute Gasteiger partial charge is 0.444 e. The van der Waals surface area contributed by atoms with Crippen molar-refractivity contribution in [1.82, 2.24) is 25.6 Å². The van der Waals surface area contributed by atoms with Crippen LogP contribution in [0.3, 0.4) is 0 Å². The molecule has 0 aliphatic heterocycles. The molecule has 146 valence electrons. The maximum atomic E-state index is 14.2. The molecule has 0 saturated heterocycles. The van der Waals surface area contributed by atoms with Crippen molar-refractivity contribution in [3.05, 3.63) is 34.1 Å². The van der Waals surface area contributed by atoms with E-state index >= 15 is 0 Å². The van der Waals surface area contributed by atoms with Gasteiger partial charge in [-0.1, -0.05) is 5.21 Å². The number of nitrogens with one attached hydrogen (secondary N) is 2. The average molecular weight is 442 g/mol. The van der Waals surface area contributed by atoms with Gasteiger partial charge in [-0.2, -0.15) is 0 Å². The minimum Gasteiger partial charge on any atom is -0.444 e. The molecule has 0 radical (unpaired) electrons. The summed E-state index contributed by atoms with van der Waals surface area (Å²) in [7, 11) is 1.52. The Morgan fingerprint density at radius 3 is 2.70 bits per heavy atom. The summed E-state index contributed by atoms with van der Waals surface area (Å²) in [5, 5.41) is 12.9. The van der Waals surface area contributed by atoms with Gasteiger partial charge in [-0.25, -0.2) is 13.9 Å². The van der Waals surface area contributed by atoms with Gasteiger partial charge >= 0.3 is 6.09 Å². The van der Waals surface area contributed by atoms with Gasteiger partial charge in [-0.3, -0.25) is 4.79 Å². The number of carbonyl (C=O) groups is 2. The van der Waals surface area contributed by atoms with Crippen molar-refractivity contribution in [2.75, 3.05) is 13.6 Å². The Balaban J connectivity index is 2.10. The molecule has 2 N–H and O–H groups in total. The molecule has 0 aliphatic rings. The summed E-state index contributed by atoms with van der Waals surface area (Å²) >= 11 is 3.34. The van der Waals surface area contributed by atoms with Crippen LogP contribution in [0.15, 0.2) is 28.5 Å². The Bertz CT molecular complexity index is 889. The van der Waals surface area contributed by atoms with E-state index in [-0.39, 0.29) is 19.0 Å². The number of rotatable bonds is 5. The topological polar surface area (TPSA) is 98.1 Å². The smallest absolute Gasteiger partial charge is 0.407 e. The van der Waals surface area contributed by atoms with Crippen LogP contribution in [0.25, 0.3) is 11.0 Å². The van der Waals surface area contributed by atoms with Crippen molar-refractivity contribution in [2.45, 2.75) is 32.9 Å². The van der Waals surface area contributed by atoms with Gasteiger partial charge in [-0.05, 0) is 54.9 Å². The maximum Gasteiger partial charge on any atom is 0.407 e. The molecule has 2 aromatic rings. The zero-order chi connectivity index (χ0) is 20.2. The fraction of sp³-hybridized carbons (Fsp3) is 0.412. The van der Waals surface area contributed by atoms with Crippen LogP contribution < -0.4 is 10.6 Å². The highest BCUT2D eigenvalue weighted by Crippen LogP contribution is 2.24. The molecular weight excluding hydrogens is 421 g/mol. The number of carbonyl (C=O) groups excluding carboxylic acids is 2. The third kappa shape index (κ3) is 5.75. The monoisotopic (exact) mass is 441 g/mol. The van der Waals surface area contributed by atoms with Crippen LogP contribution in [0, 0.1) is 0 Å². The van der Waals surface area contributed by atoms with Crippen molar-refractivity contribution in [1.29, 1.82) is 0 Å². The van der Waals surface area contributed by atoms with Gasteiger partial charge in [0, 0.05) is 23.6 Å². The number of fused-ring (bicyclic) bond motifs is 1. The van der Waals surface area contributed by atoms with Crippen LogP contribution in [0.2, 0.25) is 0 Å². The molecule has 27 heavy (non-hydrogen) atoms. The number of hydrogen-bond acceptors (Lipinski definition) is 5. The van der Waals surface area contributed by atoms with Gasteiger partial charge < -0.3 is 15.4 Å². The molecule has 1 aromatic heterocycles. The lowest BCUT2D eigenvalue weighted by Gasteiger charge is -2.19. The number of ether oxygens (including phenoxy) is 1. The number of nitrogens with zero attached hydrogens (tertiary/aromatic N) is 3.